The average Bonchev–Trinajstić information content (AvgIpc) is 2.76. The molecule has 0 aliphatic carbocycles. The molecule has 0 aromatic carbocycles. The van der Waals surface area contributed by atoms with Crippen LogP contribution in [0.4, 0.5) is 4.79 Å². The van der Waals surface area contributed by atoms with Crippen molar-refractivity contribution >= 4 is 6.03 Å². The van der Waals surface area contributed by atoms with Gasteiger partial charge in [0.25, 0.3) is 0 Å². The van der Waals surface area contributed by atoms with Crippen LogP contribution >= 0.6 is 0 Å². The van der Waals surface area contributed by atoms with Crippen molar-refractivity contribution in [2.24, 2.45) is 5.92 Å². The lowest BCUT2D eigenvalue weighted by Crippen LogP contribution is -2.40. The molecule has 0 radical (unpaired) electrons. The van der Waals surface area contributed by atoms with Crippen molar-refractivity contribution in [1.82, 2.24) is 10.6 Å². The van der Waals surface area contributed by atoms with E-state index in [1.54, 1.807) is 12.1 Å². The Balaban J connectivity index is 2.42. The van der Waals surface area contributed by atoms with Gasteiger partial charge in [-0.2, -0.15) is 0 Å². The van der Waals surface area contributed by atoms with Crippen molar-refractivity contribution in [3.8, 4) is 0 Å². The Kier molecular flexibility index (Phi) is 4.85. The summed E-state index contributed by atoms with van der Waals surface area (Å²) in [5.41, 5.74) is 0. The Morgan fingerprint density at radius 2 is 2.31 bits per heavy atom. The van der Waals surface area contributed by atoms with E-state index in [1.165, 1.54) is 6.26 Å². The van der Waals surface area contributed by atoms with Crippen LogP contribution in [-0.2, 0) is 0 Å². The fourth-order valence-electron chi connectivity index (χ4n) is 1.20. The SMILES string of the molecule is CC(C)CNC(=O)NC(CO)c1ccco1. The number of rotatable bonds is 5. The summed E-state index contributed by atoms with van der Waals surface area (Å²) in [5, 5.41) is 14.5. The number of carbonyl (C=O) groups excluding carboxylic acids is 1. The van der Waals surface area contributed by atoms with Gasteiger partial charge in [0.05, 0.1) is 12.9 Å². The summed E-state index contributed by atoms with van der Waals surface area (Å²) in [6.45, 7) is 4.43. The van der Waals surface area contributed by atoms with Crippen LogP contribution in [0, 0.1) is 5.92 Å². The molecule has 0 fully saturated rings. The number of aliphatic hydroxyl groups excluding tert-OH is 1. The predicted octanol–water partition coefficient (Wildman–Crippen LogP) is 1.27. The predicted molar refractivity (Wildman–Crippen MR) is 59.9 cm³/mol. The molecule has 1 aromatic heterocycles. The average molecular weight is 226 g/mol. The molecule has 1 heterocycles. The van der Waals surface area contributed by atoms with Crippen molar-refractivity contribution in [1.29, 1.82) is 0 Å². The van der Waals surface area contributed by atoms with Gasteiger partial charge in [0.1, 0.15) is 11.8 Å². The van der Waals surface area contributed by atoms with E-state index in [9.17, 15) is 4.79 Å². The zero-order valence-electron chi connectivity index (χ0n) is 9.56. The standard InChI is InChI=1S/C11H18N2O3/c1-8(2)6-12-11(15)13-9(7-14)10-4-3-5-16-10/h3-5,8-9,14H,6-7H2,1-2H3,(H2,12,13,15). The van der Waals surface area contributed by atoms with Gasteiger partial charge in [-0.15, -0.1) is 0 Å². The first-order chi connectivity index (χ1) is 7.63. The normalized spacial score (nSPS) is 12.5. The van der Waals surface area contributed by atoms with Crippen LogP contribution < -0.4 is 10.6 Å². The number of aliphatic hydroxyl groups is 1. The van der Waals surface area contributed by atoms with Crippen LogP contribution in [0.15, 0.2) is 22.8 Å². The summed E-state index contributed by atoms with van der Waals surface area (Å²) in [6, 6.07) is 2.63. The van der Waals surface area contributed by atoms with Gasteiger partial charge in [0, 0.05) is 6.54 Å². The van der Waals surface area contributed by atoms with Gasteiger partial charge >= 0.3 is 6.03 Å². The topological polar surface area (TPSA) is 74.5 Å². The lowest BCUT2D eigenvalue weighted by Gasteiger charge is -2.15. The van der Waals surface area contributed by atoms with E-state index < -0.39 is 6.04 Å². The minimum Gasteiger partial charge on any atom is -0.467 e. The molecule has 5 heteroatoms. The molecule has 0 aliphatic rings. The number of hydrogen-bond acceptors (Lipinski definition) is 3. The number of amides is 2. The Hall–Kier alpha value is -1.49. The van der Waals surface area contributed by atoms with Crippen molar-refractivity contribution in [3.63, 3.8) is 0 Å². The highest BCUT2D eigenvalue weighted by atomic mass is 16.3. The molecule has 0 saturated carbocycles. The summed E-state index contributed by atoms with van der Waals surface area (Å²) in [4.78, 5) is 11.4. The Morgan fingerprint density at radius 3 is 2.81 bits per heavy atom. The Bertz CT molecular complexity index is 309. The third-order valence-corrected chi connectivity index (χ3v) is 2.05. The highest BCUT2D eigenvalue weighted by molar-refractivity contribution is 5.74. The van der Waals surface area contributed by atoms with Crippen LogP contribution in [0.25, 0.3) is 0 Å². The fraction of sp³-hybridized carbons (Fsp3) is 0.545. The van der Waals surface area contributed by atoms with Gasteiger partial charge in [0.2, 0.25) is 0 Å². The summed E-state index contributed by atoms with van der Waals surface area (Å²) < 4.78 is 5.11. The maximum atomic E-state index is 11.4. The maximum Gasteiger partial charge on any atom is 0.315 e. The molecule has 5 nitrogen and oxygen atoms in total. The van der Waals surface area contributed by atoms with E-state index in [2.05, 4.69) is 10.6 Å². The van der Waals surface area contributed by atoms with Gasteiger partial charge in [-0.25, -0.2) is 4.79 Å². The van der Waals surface area contributed by atoms with E-state index in [0.29, 0.717) is 18.2 Å². The molecule has 0 saturated heterocycles. The smallest absolute Gasteiger partial charge is 0.315 e. The van der Waals surface area contributed by atoms with Gasteiger partial charge < -0.3 is 20.2 Å². The highest BCUT2D eigenvalue weighted by Gasteiger charge is 2.15. The first-order valence-electron chi connectivity index (χ1n) is 5.32. The Morgan fingerprint density at radius 1 is 1.56 bits per heavy atom. The molecular formula is C11H18N2O3. The van der Waals surface area contributed by atoms with Gasteiger partial charge in [0.15, 0.2) is 0 Å². The van der Waals surface area contributed by atoms with E-state index >= 15 is 0 Å². The second kappa shape index (κ2) is 6.17. The number of hydrogen-bond donors (Lipinski definition) is 3. The largest absolute Gasteiger partial charge is 0.467 e. The zero-order chi connectivity index (χ0) is 12.0. The summed E-state index contributed by atoms with van der Waals surface area (Å²) >= 11 is 0. The van der Waals surface area contributed by atoms with Crippen LogP contribution in [0.1, 0.15) is 25.6 Å². The third-order valence-electron chi connectivity index (χ3n) is 2.05. The van der Waals surface area contributed by atoms with Gasteiger partial charge in [-0.1, -0.05) is 13.8 Å². The zero-order valence-corrected chi connectivity index (χ0v) is 9.56. The monoisotopic (exact) mass is 226 g/mol. The molecule has 1 aromatic rings. The fourth-order valence-corrected chi connectivity index (χ4v) is 1.20. The molecule has 16 heavy (non-hydrogen) atoms. The summed E-state index contributed by atoms with van der Waals surface area (Å²) in [5.74, 6) is 0.934. The molecule has 2 amide bonds. The van der Waals surface area contributed by atoms with E-state index in [-0.39, 0.29) is 12.6 Å². The minimum absolute atomic E-state index is 0.192. The maximum absolute atomic E-state index is 11.4. The minimum atomic E-state index is -0.498. The van der Waals surface area contributed by atoms with Crippen molar-refractivity contribution in [2.45, 2.75) is 19.9 Å². The molecule has 3 N–H and O–H groups in total. The molecule has 90 valence electrons. The van der Waals surface area contributed by atoms with Crippen LogP contribution in [0.2, 0.25) is 0 Å². The van der Waals surface area contributed by atoms with Gasteiger partial charge in [-0.3, -0.25) is 0 Å². The molecule has 1 rings (SSSR count). The number of carbonyl (C=O) groups is 1. The van der Waals surface area contributed by atoms with E-state index in [4.69, 9.17) is 9.52 Å². The van der Waals surface area contributed by atoms with Crippen LogP contribution in [0.3, 0.4) is 0 Å². The molecule has 0 aliphatic heterocycles. The van der Waals surface area contributed by atoms with Crippen LogP contribution in [0.5, 0.6) is 0 Å². The quantitative estimate of drug-likeness (QED) is 0.707. The second-order valence-corrected chi connectivity index (χ2v) is 4.00. The Labute approximate surface area is 94.8 Å². The van der Waals surface area contributed by atoms with Crippen molar-refractivity contribution in [2.75, 3.05) is 13.2 Å². The molecule has 0 spiro atoms. The first kappa shape index (κ1) is 12.6. The number of urea groups is 1. The van der Waals surface area contributed by atoms with E-state index in [0.717, 1.165) is 0 Å². The third kappa shape index (κ3) is 3.94. The molecule has 0 bridgehead atoms. The number of nitrogens with one attached hydrogen (secondary N) is 2. The summed E-state index contributed by atoms with van der Waals surface area (Å²) in [6.07, 6.45) is 1.51. The van der Waals surface area contributed by atoms with Crippen molar-refractivity contribution < 1.29 is 14.3 Å². The molecule has 1 unspecified atom stereocenters. The van der Waals surface area contributed by atoms with Crippen molar-refractivity contribution in [3.05, 3.63) is 24.2 Å². The highest BCUT2D eigenvalue weighted by Crippen LogP contribution is 2.12. The molecule has 1 atom stereocenters. The molecular weight excluding hydrogens is 208 g/mol. The first-order valence-corrected chi connectivity index (χ1v) is 5.32. The lowest BCUT2D eigenvalue weighted by molar-refractivity contribution is 0.207. The second-order valence-electron chi connectivity index (χ2n) is 4.00. The number of furan rings is 1. The summed E-state index contributed by atoms with van der Waals surface area (Å²) in [7, 11) is 0. The lowest BCUT2D eigenvalue weighted by atomic mass is 10.2. The van der Waals surface area contributed by atoms with Gasteiger partial charge in [-0.05, 0) is 18.1 Å². The van der Waals surface area contributed by atoms with E-state index in [1.807, 2.05) is 13.8 Å². The van der Waals surface area contributed by atoms with Crippen LogP contribution in [-0.4, -0.2) is 24.3 Å².